The summed E-state index contributed by atoms with van der Waals surface area (Å²) >= 11 is 6.77. The van der Waals surface area contributed by atoms with Gasteiger partial charge in [0, 0.05) is 0 Å². The molecule has 0 radical (unpaired) electrons. The number of hydrogen-bond donors (Lipinski definition) is 1. The molecule has 0 fully saturated rings. The number of aryl methyl sites for hydroxylation is 1. The average molecular weight is 282 g/mol. The number of carbonyl (C=O) groups is 1. The second-order valence-corrected chi connectivity index (χ2v) is 7.07. The topological polar surface area (TPSA) is 63.2 Å². The molecule has 4 nitrogen and oxygen atoms in total. The second-order valence-electron chi connectivity index (χ2n) is 3.48. The van der Waals surface area contributed by atoms with Gasteiger partial charge >= 0.3 is 0 Å². The SMILES string of the molecule is CC(=O)C(C)NS(=O)(=O)c1cc(C)c(Cl)s1. The molecule has 0 aliphatic carbocycles. The molecule has 0 spiro atoms. The van der Waals surface area contributed by atoms with Crippen LogP contribution in [0.5, 0.6) is 0 Å². The van der Waals surface area contributed by atoms with E-state index in [-0.39, 0.29) is 9.99 Å². The molecule has 1 aromatic heterocycles. The largest absolute Gasteiger partial charge is 0.298 e. The maximum absolute atomic E-state index is 11.8. The van der Waals surface area contributed by atoms with Crippen molar-refractivity contribution >= 4 is 38.7 Å². The van der Waals surface area contributed by atoms with E-state index in [9.17, 15) is 13.2 Å². The van der Waals surface area contributed by atoms with E-state index in [1.54, 1.807) is 6.92 Å². The van der Waals surface area contributed by atoms with Crippen LogP contribution in [0.25, 0.3) is 0 Å². The van der Waals surface area contributed by atoms with Gasteiger partial charge in [-0.1, -0.05) is 11.6 Å². The normalized spacial score (nSPS) is 13.8. The fraction of sp³-hybridized carbons (Fsp3) is 0.444. The van der Waals surface area contributed by atoms with Crippen molar-refractivity contribution in [3.63, 3.8) is 0 Å². The van der Waals surface area contributed by atoms with E-state index in [0.29, 0.717) is 9.90 Å². The number of nitrogens with one attached hydrogen (secondary N) is 1. The predicted molar refractivity (Wildman–Crippen MR) is 64.5 cm³/mol. The Morgan fingerprint density at radius 1 is 1.56 bits per heavy atom. The summed E-state index contributed by atoms with van der Waals surface area (Å²) in [6, 6.07) is 0.758. The van der Waals surface area contributed by atoms with Gasteiger partial charge < -0.3 is 0 Å². The lowest BCUT2D eigenvalue weighted by Crippen LogP contribution is -2.36. The number of hydrogen-bond acceptors (Lipinski definition) is 4. The van der Waals surface area contributed by atoms with E-state index in [0.717, 1.165) is 11.3 Å². The van der Waals surface area contributed by atoms with Crippen LogP contribution in [0.1, 0.15) is 19.4 Å². The smallest absolute Gasteiger partial charge is 0.250 e. The zero-order chi connectivity index (χ0) is 12.5. The number of rotatable bonds is 4. The maximum Gasteiger partial charge on any atom is 0.250 e. The van der Waals surface area contributed by atoms with Crippen LogP contribution in [0, 0.1) is 6.92 Å². The van der Waals surface area contributed by atoms with Gasteiger partial charge in [-0.15, -0.1) is 11.3 Å². The van der Waals surface area contributed by atoms with Crippen molar-refractivity contribution in [2.75, 3.05) is 0 Å². The first kappa shape index (κ1) is 13.6. The summed E-state index contributed by atoms with van der Waals surface area (Å²) in [5.74, 6) is -0.233. The molecule has 0 aliphatic heterocycles. The Hall–Kier alpha value is -0.430. The molecule has 1 atom stereocenters. The third kappa shape index (κ3) is 3.04. The minimum Gasteiger partial charge on any atom is -0.298 e. The monoisotopic (exact) mass is 281 g/mol. The van der Waals surface area contributed by atoms with Crippen LogP contribution in [0.3, 0.4) is 0 Å². The Balaban J connectivity index is 2.99. The van der Waals surface area contributed by atoms with Crippen LogP contribution in [0.15, 0.2) is 10.3 Å². The van der Waals surface area contributed by atoms with Gasteiger partial charge in [-0.25, -0.2) is 13.1 Å². The molecule has 0 saturated carbocycles. The first-order chi connectivity index (χ1) is 7.24. The summed E-state index contributed by atoms with van der Waals surface area (Å²) in [6.45, 7) is 4.56. The Morgan fingerprint density at radius 3 is 2.50 bits per heavy atom. The quantitative estimate of drug-likeness (QED) is 0.918. The first-order valence-electron chi connectivity index (χ1n) is 4.52. The zero-order valence-corrected chi connectivity index (χ0v) is 11.5. The molecule has 90 valence electrons. The lowest BCUT2D eigenvalue weighted by Gasteiger charge is -2.09. The van der Waals surface area contributed by atoms with Crippen molar-refractivity contribution in [2.24, 2.45) is 0 Å². The maximum atomic E-state index is 11.8. The summed E-state index contributed by atoms with van der Waals surface area (Å²) < 4.78 is 26.5. The lowest BCUT2D eigenvalue weighted by molar-refractivity contribution is -0.118. The van der Waals surface area contributed by atoms with Gasteiger partial charge in [-0.2, -0.15) is 0 Å². The molecule has 16 heavy (non-hydrogen) atoms. The van der Waals surface area contributed by atoms with Crippen LogP contribution >= 0.6 is 22.9 Å². The van der Waals surface area contributed by atoms with Crippen LogP contribution in [0.4, 0.5) is 0 Å². The summed E-state index contributed by atoms with van der Waals surface area (Å²) in [6.07, 6.45) is 0. The Morgan fingerprint density at radius 2 is 2.12 bits per heavy atom. The summed E-state index contributed by atoms with van der Waals surface area (Å²) in [5.41, 5.74) is 0.711. The van der Waals surface area contributed by atoms with E-state index in [1.807, 2.05) is 0 Å². The molecule has 1 aromatic rings. The fourth-order valence-corrected chi connectivity index (χ4v) is 3.92. The van der Waals surface area contributed by atoms with Gasteiger partial charge in [-0.05, 0) is 32.4 Å². The molecule has 1 unspecified atom stereocenters. The van der Waals surface area contributed by atoms with Gasteiger partial charge in [-0.3, -0.25) is 4.79 Å². The number of halogens is 1. The van der Waals surface area contributed by atoms with Crippen molar-refractivity contribution in [3.05, 3.63) is 16.0 Å². The van der Waals surface area contributed by atoms with Gasteiger partial charge in [0.05, 0.1) is 10.4 Å². The molecule has 0 saturated heterocycles. The minimum atomic E-state index is -3.64. The van der Waals surface area contributed by atoms with Gasteiger partial charge in [0.15, 0.2) is 0 Å². The molecular weight excluding hydrogens is 270 g/mol. The Kier molecular flexibility index (Phi) is 4.12. The van der Waals surface area contributed by atoms with Crippen molar-refractivity contribution in [1.29, 1.82) is 0 Å². The molecule has 0 aliphatic rings. The van der Waals surface area contributed by atoms with Gasteiger partial charge in [0.2, 0.25) is 0 Å². The van der Waals surface area contributed by atoms with E-state index in [4.69, 9.17) is 11.6 Å². The average Bonchev–Trinajstić information content (AvgIpc) is 2.47. The number of ketones is 1. The molecule has 7 heteroatoms. The third-order valence-corrected chi connectivity index (χ3v) is 5.61. The second kappa shape index (κ2) is 4.83. The highest BCUT2D eigenvalue weighted by Gasteiger charge is 2.22. The molecule has 0 amide bonds. The first-order valence-corrected chi connectivity index (χ1v) is 7.20. The highest BCUT2D eigenvalue weighted by molar-refractivity contribution is 7.91. The summed E-state index contributed by atoms with van der Waals surface area (Å²) in [7, 11) is -3.64. The van der Waals surface area contributed by atoms with Crippen molar-refractivity contribution < 1.29 is 13.2 Å². The lowest BCUT2D eigenvalue weighted by atomic mass is 10.3. The number of Topliss-reactive ketones (excluding diaryl/α,β-unsaturated/α-hetero) is 1. The molecule has 0 aromatic carbocycles. The fourth-order valence-electron chi connectivity index (χ4n) is 0.938. The highest BCUT2D eigenvalue weighted by Crippen LogP contribution is 2.29. The van der Waals surface area contributed by atoms with E-state index >= 15 is 0 Å². The number of sulfonamides is 1. The Labute approximate surface area is 104 Å². The highest BCUT2D eigenvalue weighted by atomic mass is 35.5. The van der Waals surface area contributed by atoms with Crippen LogP contribution in [-0.2, 0) is 14.8 Å². The predicted octanol–water partition coefficient (Wildman–Crippen LogP) is 1.97. The number of thiophene rings is 1. The van der Waals surface area contributed by atoms with Gasteiger partial charge in [0.1, 0.15) is 9.99 Å². The van der Waals surface area contributed by atoms with E-state index in [2.05, 4.69) is 4.72 Å². The van der Waals surface area contributed by atoms with Crippen LogP contribution < -0.4 is 4.72 Å². The zero-order valence-electron chi connectivity index (χ0n) is 9.07. The molecular formula is C9H12ClNO3S2. The minimum absolute atomic E-state index is 0.128. The third-order valence-electron chi connectivity index (χ3n) is 2.04. The molecule has 1 N–H and O–H groups in total. The number of carbonyl (C=O) groups excluding carboxylic acids is 1. The Bertz CT molecular complexity index is 487. The van der Waals surface area contributed by atoms with Crippen LogP contribution in [0.2, 0.25) is 4.34 Å². The van der Waals surface area contributed by atoms with Gasteiger partial charge in [0.25, 0.3) is 10.0 Å². The summed E-state index contributed by atoms with van der Waals surface area (Å²) in [5, 5.41) is 0. The standard InChI is InChI=1S/C9H12ClNO3S2/c1-5-4-8(15-9(5)10)16(13,14)11-6(2)7(3)12/h4,6,11H,1-3H3. The molecule has 0 bridgehead atoms. The molecule has 1 heterocycles. The van der Waals surface area contributed by atoms with Crippen molar-refractivity contribution in [1.82, 2.24) is 4.72 Å². The van der Waals surface area contributed by atoms with Crippen molar-refractivity contribution in [3.8, 4) is 0 Å². The van der Waals surface area contributed by atoms with E-state index < -0.39 is 16.1 Å². The van der Waals surface area contributed by atoms with Crippen molar-refractivity contribution in [2.45, 2.75) is 31.0 Å². The van der Waals surface area contributed by atoms with E-state index in [1.165, 1.54) is 19.9 Å². The van der Waals surface area contributed by atoms with Crippen LogP contribution in [-0.4, -0.2) is 20.2 Å². The summed E-state index contributed by atoms with van der Waals surface area (Å²) in [4.78, 5) is 11.0. The molecule has 1 rings (SSSR count).